The summed E-state index contributed by atoms with van der Waals surface area (Å²) < 4.78 is 0. The van der Waals surface area contributed by atoms with E-state index in [1.54, 1.807) is 0 Å². The lowest BCUT2D eigenvalue weighted by molar-refractivity contribution is 0.0392. The van der Waals surface area contributed by atoms with Gasteiger partial charge in [-0.15, -0.1) is 0 Å². The Morgan fingerprint density at radius 3 is 2.53 bits per heavy atom. The Balaban J connectivity index is 2.27. The quantitative estimate of drug-likeness (QED) is 0.760. The van der Waals surface area contributed by atoms with Gasteiger partial charge in [-0.05, 0) is 47.2 Å². The van der Waals surface area contributed by atoms with Crippen molar-refractivity contribution in [2.45, 2.75) is 45.2 Å². The monoisotopic (exact) mass is 213 g/mol. The van der Waals surface area contributed by atoms with Gasteiger partial charge in [0.25, 0.3) is 0 Å². The van der Waals surface area contributed by atoms with Crippen LogP contribution in [0.4, 0.5) is 0 Å². The molecule has 0 aromatic rings. The Labute approximate surface area is 94.6 Å². The van der Waals surface area contributed by atoms with Gasteiger partial charge in [0.1, 0.15) is 0 Å². The summed E-state index contributed by atoms with van der Waals surface area (Å²) in [5.74, 6) is 0. The van der Waals surface area contributed by atoms with Gasteiger partial charge in [0, 0.05) is 31.2 Å². The molecule has 1 unspecified atom stereocenters. The fourth-order valence-corrected chi connectivity index (χ4v) is 2.17. The summed E-state index contributed by atoms with van der Waals surface area (Å²) in [6, 6.07) is 0.352. The molecule has 1 atom stereocenters. The zero-order valence-electron chi connectivity index (χ0n) is 10.8. The molecule has 0 amide bonds. The Kier molecular flexibility index (Phi) is 4.56. The predicted molar refractivity (Wildman–Crippen MR) is 66.0 cm³/mol. The third-order valence-corrected chi connectivity index (χ3v) is 3.53. The van der Waals surface area contributed by atoms with Gasteiger partial charge in [0.15, 0.2) is 0 Å². The summed E-state index contributed by atoms with van der Waals surface area (Å²) in [6.45, 7) is 11.5. The highest BCUT2D eigenvalue weighted by Crippen LogP contribution is 2.18. The molecule has 15 heavy (non-hydrogen) atoms. The third-order valence-electron chi connectivity index (χ3n) is 3.53. The van der Waals surface area contributed by atoms with Crippen LogP contribution in [0.25, 0.3) is 0 Å². The van der Waals surface area contributed by atoms with Crippen molar-refractivity contribution >= 4 is 0 Å². The van der Waals surface area contributed by atoms with Crippen LogP contribution in [0.15, 0.2) is 0 Å². The molecule has 90 valence electrons. The second-order valence-electron chi connectivity index (χ2n) is 5.63. The number of nitrogens with zero attached hydrogens (tertiary/aromatic N) is 2. The summed E-state index contributed by atoms with van der Waals surface area (Å²) in [5, 5.41) is 0. The average Bonchev–Trinajstić information content (AvgIpc) is 2.10. The standard InChI is InChI=1S/C12H27N3/c1-11(13)6-5-7-15-9-8-14(4)12(2,3)10-15/h11H,5-10,13H2,1-4H3. The first-order chi connectivity index (χ1) is 6.92. The van der Waals surface area contributed by atoms with Crippen molar-refractivity contribution < 1.29 is 0 Å². The van der Waals surface area contributed by atoms with Crippen molar-refractivity contribution in [2.24, 2.45) is 5.73 Å². The summed E-state index contributed by atoms with van der Waals surface area (Å²) in [7, 11) is 2.22. The third kappa shape index (κ3) is 4.09. The normalized spacial score (nSPS) is 25.4. The maximum atomic E-state index is 5.76. The molecule has 3 nitrogen and oxygen atoms in total. The van der Waals surface area contributed by atoms with Gasteiger partial charge < -0.3 is 10.6 Å². The van der Waals surface area contributed by atoms with E-state index in [2.05, 4.69) is 37.6 Å². The van der Waals surface area contributed by atoms with Crippen LogP contribution < -0.4 is 5.73 Å². The minimum atomic E-state index is 0.326. The zero-order chi connectivity index (χ0) is 11.5. The predicted octanol–water partition coefficient (Wildman–Crippen LogP) is 1.14. The summed E-state index contributed by atoms with van der Waals surface area (Å²) in [6.07, 6.45) is 2.38. The maximum Gasteiger partial charge on any atom is 0.0277 e. The van der Waals surface area contributed by atoms with Crippen molar-refractivity contribution in [3.63, 3.8) is 0 Å². The fourth-order valence-electron chi connectivity index (χ4n) is 2.17. The first kappa shape index (κ1) is 12.9. The average molecular weight is 213 g/mol. The molecule has 1 rings (SSSR count). The minimum Gasteiger partial charge on any atom is -0.328 e. The molecule has 0 aromatic carbocycles. The van der Waals surface area contributed by atoms with Crippen LogP contribution >= 0.6 is 0 Å². The van der Waals surface area contributed by atoms with Crippen LogP contribution in [-0.4, -0.2) is 54.6 Å². The van der Waals surface area contributed by atoms with Crippen LogP contribution in [0, 0.1) is 0 Å². The van der Waals surface area contributed by atoms with Gasteiger partial charge in [0.05, 0.1) is 0 Å². The number of hydrogen-bond acceptors (Lipinski definition) is 3. The Bertz CT molecular complexity index is 189. The number of rotatable bonds is 4. The van der Waals surface area contributed by atoms with E-state index in [1.165, 1.54) is 32.6 Å². The summed E-state index contributed by atoms with van der Waals surface area (Å²) in [4.78, 5) is 5.03. The van der Waals surface area contributed by atoms with Crippen molar-refractivity contribution in [3.05, 3.63) is 0 Å². The van der Waals surface area contributed by atoms with E-state index in [-0.39, 0.29) is 0 Å². The zero-order valence-corrected chi connectivity index (χ0v) is 10.8. The lowest BCUT2D eigenvalue weighted by Crippen LogP contribution is -2.57. The highest BCUT2D eigenvalue weighted by Gasteiger charge is 2.30. The summed E-state index contributed by atoms with van der Waals surface area (Å²) >= 11 is 0. The Hall–Kier alpha value is -0.120. The Morgan fingerprint density at radius 1 is 1.33 bits per heavy atom. The second-order valence-corrected chi connectivity index (χ2v) is 5.63. The van der Waals surface area contributed by atoms with Gasteiger partial charge in [0.2, 0.25) is 0 Å². The van der Waals surface area contributed by atoms with E-state index >= 15 is 0 Å². The number of likely N-dealkylation sites (N-methyl/N-ethyl adjacent to an activating group) is 1. The minimum absolute atomic E-state index is 0.326. The molecule has 3 heteroatoms. The number of piperazine rings is 1. The topological polar surface area (TPSA) is 32.5 Å². The van der Waals surface area contributed by atoms with E-state index in [9.17, 15) is 0 Å². The van der Waals surface area contributed by atoms with E-state index in [0.29, 0.717) is 11.6 Å². The van der Waals surface area contributed by atoms with Gasteiger partial charge >= 0.3 is 0 Å². The summed E-state index contributed by atoms with van der Waals surface area (Å²) in [5.41, 5.74) is 6.08. The number of nitrogens with two attached hydrogens (primary N) is 1. The second kappa shape index (κ2) is 5.28. The molecule has 1 heterocycles. The molecule has 1 fully saturated rings. The van der Waals surface area contributed by atoms with Crippen LogP contribution in [0.1, 0.15) is 33.6 Å². The highest BCUT2D eigenvalue weighted by atomic mass is 15.3. The van der Waals surface area contributed by atoms with E-state index in [4.69, 9.17) is 5.73 Å². The molecule has 1 aliphatic rings. The number of hydrogen-bond donors (Lipinski definition) is 1. The van der Waals surface area contributed by atoms with Crippen LogP contribution in [0.2, 0.25) is 0 Å². The van der Waals surface area contributed by atoms with Crippen molar-refractivity contribution in [1.29, 1.82) is 0 Å². The molecule has 0 saturated carbocycles. The van der Waals surface area contributed by atoms with E-state index in [0.717, 1.165) is 6.42 Å². The van der Waals surface area contributed by atoms with Crippen LogP contribution in [-0.2, 0) is 0 Å². The SMILES string of the molecule is CC(N)CCCN1CCN(C)C(C)(C)C1. The molecule has 2 N–H and O–H groups in total. The fraction of sp³-hybridized carbons (Fsp3) is 1.00. The highest BCUT2D eigenvalue weighted by molar-refractivity contribution is 4.88. The molecule has 0 radical (unpaired) electrons. The first-order valence-electron chi connectivity index (χ1n) is 6.11. The van der Waals surface area contributed by atoms with Gasteiger partial charge in [-0.3, -0.25) is 4.90 Å². The maximum absolute atomic E-state index is 5.76. The largest absolute Gasteiger partial charge is 0.328 e. The van der Waals surface area contributed by atoms with Gasteiger partial charge in [-0.2, -0.15) is 0 Å². The molecular formula is C12H27N3. The van der Waals surface area contributed by atoms with Crippen molar-refractivity contribution in [2.75, 3.05) is 33.2 Å². The van der Waals surface area contributed by atoms with E-state index in [1.807, 2.05) is 0 Å². The smallest absolute Gasteiger partial charge is 0.0277 e. The molecular weight excluding hydrogens is 186 g/mol. The van der Waals surface area contributed by atoms with Crippen molar-refractivity contribution in [1.82, 2.24) is 9.80 Å². The van der Waals surface area contributed by atoms with E-state index < -0.39 is 0 Å². The van der Waals surface area contributed by atoms with Gasteiger partial charge in [-0.25, -0.2) is 0 Å². The van der Waals surface area contributed by atoms with Crippen molar-refractivity contribution in [3.8, 4) is 0 Å². The van der Waals surface area contributed by atoms with Crippen LogP contribution in [0.3, 0.4) is 0 Å². The lowest BCUT2D eigenvalue weighted by Gasteiger charge is -2.45. The molecule has 1 aliphatic heterocycles. The van der Waals surface area contributed by atoms with Gasteiger partial charge in [-0.1, -0.05) is 0 Å². The Morgan fingerprint density at radius 2 is 2.00 bits per heavy atom. The first-order valence-corrected chi connectivity index (χ1v) is 6.11. The molecule has 1 saturated heterocycles. The van der Waals surface area contributed by atoms with Crippen LogP contribution in [0.5, 0.6) is 0 Å². The lowest BCUT2D eigenvalue weighted by atomic mass is 9.99. The molecule has 0 aliphatic carbocycles. The molecule has 0 aromatic heterocycles. The molecule has 0 spiro atoms. The molecule has 0 bridgehead atoms.